The molecule has 1 fully saturated rings. The molecule has 1 saturated heterocycles. The Balaban J connectivity index is 1.39. The number of rotatable bonds is 10. The van der Waals surface area contributed by atoms with Gasteiger partial charge in [-0.3, -0.25) is 15.1 Å². The Morgan fingerprint density at radius 1 is 1.29 bits per heavy atom. The van der Waals surface area contributed by atoms with E-state index in [9.17, 15) is 4.79 Å². The van der Waals surface area contributed by atoms with Gasteiger partial charge in [0.05, 0.1) is 24.9 Å². The molecule has 0 amide bonds. The fraction of sp³-hybridized carbons (Fsp3) is 0.522. The summed E-state index contributed by atoms with van der Waals surface area (Å²) in [5.74, 6) is 2.13. The Bertz CT molecular complexity index is 843. The SMILES string of the molecule is CCOC(=O)Cc1csc(NN=Cc2ccc(OCCN3CC(C)CC(C)C3)cc2)n1. The van der Waals surface area contributed by atoms with Crippen molar-refractivity contribution in [2.45, 2.75) is 33.6 Å². The number of hydrogen-bond acceptors (Lipinski definition) is 8. The number of ether oxygens (including phenoxy) is 2. The molecule has 2 aromatic rings. The number of aromatic nitrogens is 1. The summed E-state index contributed by atoms with van der Waals surface area (Å²) in [5, 5.41) is 6.68. The van der Waals surface area contributed by atoms with Crippen LogP contribution in [-0.4, -0.2) is 54.9 Å². The number of likely N-dealkylation sites (tertiary alicyclic amines) is 1. The van der Waals surface area contributed by atoms with Crippen LogP contribution < -0.4 is 10.2 Å². The van der Waals surface area contributed by atoms with E-state index in [1.54, 1.807) is 13.1 Å². The van der Waals surface area contributed by atoms with Crippen LogP contribution in [0, 0.1) is 11.8 Å². The Hall–Kier alpha value is -2.45. The summed E-state index contributed by atoms with van der Waals surface area (Å²) in [6.45, 7) is 10.8. The number of anilines is 1. The molecule has 3 rings (SSSR count). The topological polar surface area (TPSA) is 76.1 Å². The number of carbonyl (C=O) groups excluding carboxylic acids is 1. The zero-order valence-electron chi connectivity index (χ0n) is 18.5. The first-order valence-corrected chi connectivity index (χ1v) is 11.7. The molecule has 1 aliphatic rings. The molecular weight excluding hydrogens is 412 g/mol. The third kappa shape index (κ3) is 7.95. The number of carbonyl (C=O) groups is 1. The molecule has 2 heterocycles. The first-order chi connectivity index (χ1) is 15.0. The van der Waals surface area contributed by atoms with Crippen LogP contribution >= 0.6 is 11.3 Å². The summed E-state index contributed by atoms with van der Waals surface area (Å²) >= 11 is 1.40. The summed E-state index contributed by atoms with van der Waals surface area (Å²) in [7, 11) is 0. The number of nitrogens with zero attached hydrogens (tertiary/aromatic N) is 3. The van der Waals surface area contributed by atoms with Gasteiger partial charge in [0.2, 0.25) is 5.13 Å². The van der Waals surface area contributed by atoms with Gasteiger partial charge in [-0.25, -0.2) is 4.98 Å². The highest BCUT2D eigenvalue weighted by Crippen LogP contribution is 2.21. The molecule has 0 radical (unpaired) electrons. The maximum absolute atomic E-state index is 11.5. The van der Waals surface area contributed by atoms with Gasteiger partial charge in [0.1, 0.15) is 12.4 Å². The van der Waals surface area contributed by atoms with E-state index in [-0.39, 0.29) is 12.4 Å². The normalized spacial score (nSPS) is 19.5. The van der Waals surface area contributed by atoms with Crippen LogP contribution in [0.4, 0.5) is 5.13 Å². The van der Waals surface area contributed by atoms with Gasteiger partial charge < -0.3 is 9.47 Å². The smallest absolute Gasteiger partial charge is 0.311 e. The van der Waals surface area contributed by atoms with Crippen molar-refractivity contribution in [1.82, 2.24) is 9.88 Å². The lowest BCUT2D eigenvalue weighted by atomic mass is 9.92. The molecule has 2 unspecified atom stereocenters. The minimum atomic E-state index is -0.273. The average molecular weight is 445 g/mol. The fourth-order valence-electron chi connectivity index (χ4n) is 3.88. The zero-order chi connectivity index (χ0) is 22.1. The Labute approximate surface area is 188 Å². The van der Waals surface area contributed by atoms with Crippen molar-refractivity contribution in [2.75, 3.05) is 38.3 Å². The first-order valence-electron chi connectivity index (χ1n) is 10.9. The molecule has 7 nitrogen and oxygen atoms in total. The van der Waals surface area contributed by atoms with E-state index in [1.165, 1.54) is 30.8 Å². The molecule has 0 saturated carbocycles. The van der Waals surface area contributed by atoms with E-state index in [2.05, 4.69) is 34.3 Å². The second-order valence-electron chi connectivity index (χ2n) is 8.12. The molecule has 0 spiro atoms. The Kier molecular flexibility index (Phi) is 8.85. The van der Waals surface area contributed by atoms with Crippen molar-refractivity contribution in [3.8, 4) is 5.75 Å². The fourth-order valence-corrected chi connectivity index (χ4v) is 4.54. The minimum absolute atomic E-state index is 0.174. The minimum Gasteiger partial charge on any atom is -0.492 e. The second kappa shape index (κ2) is 11.8. The van der Waals surface area contributed by atoms with Crippen LogP contribution in [0.1, 0.15) is 38.4 Å². The molecule has 1 N–H and O–H groups in total. The third-order valence-electron chi connectivity index (χ3n) is 5.06. The van der Waals surface area contributed by atoms with Crippen molar-refractivity contribution >= 4 is 28.7 Å². The molecule has 1 aromatic heterocycles. The second-order valence-corrected chi connectivity index (χ2v) is 8.98. The van der Waals surface area contributed by atoms with Gasteiger partial charge in [0, 0.05) is 25.0 Å². The summed E-state index contributed by atoms with van der Waals surface area (Å²) in [6.07, 6.45) is 3.23. The van der Waals surface area contributed by atoms with Gasteiger partial charge in [-0.15, -0.1) is 11.3 Å². The van der Waals surface area contributed by atoms with E-state index in [1.807, 2.05) is 29.6 Å². The lowest BCUT2D eigenvalue weighted by Crippen LogP contribution is -2.40. The summed E-state index contributed by atoms with van der Waals surface area (Å²) in [5.41, 5.74) is 4.54. The number of thiazole rings is 1. The van der Waals surface area contributed by atoms with Crippen molar-refractivity contribution < 1.29 is 14.3 Å². The van der Waals surface area contributed by atoms with E-state index in [0.717, 1.165) is 29.7 Å². The van der Waals surface area contributed by atoms with E-state index >= 15 is 0 Å². The van der Waals surface area contributed by atoms with Crippen LogP contribution in [0.2, 0.25) is 0 Å². The highest BCUT2D eigenvalue weighted by Gasteiger charge is 2.21. The number of hydrazone groups is 1. The number of nitrogens with one attached hydrogen (secondary N) is 1. The highest BCUT2D eigenvalue weighted by atomic mass is 32.1. The van der Waals surface area contributed by atoms with E-state index < -0.39 is 0 Å². The number of benzene rings is 1. The summed E-state index contributed by atoms with van der Waals surface area (Å²) in [4.78, 5) is 18.3. The third-order valence-corrected chi connectivity index (χ3v) is 5.85. The van der Waals surface area contributed by atoms with Crippen LogP contribution in [0.25, 0.3) is 0 Å². The lowest BCUT2D eigenvalue weighted by Gasteiger charge is -2.34. The molecule has 1 aromatic carbocycles. The van der Waals surface area contributed by atoms with Crippen LogP contribution in [0.15, 0.2) is 34.7 Å². The highest BCUT2D eigenvalue weighted by molar-refractivity contribution is 7.13. The van der Waals surface area contributed by atoms with Crippen molar-refractivity contribution in [1.29, 1.82) is 0 Å². The maximum atomic E-state index is 11.5. The molecule has 0 bridgehead atoms. The first kappa shape index (κ1) is 23.2. The van der Waals surface area contributed by atoms with Crippen LogP contribution in [0.3, 0.4) is 0 Å². The van der Waals surface area contributed by atoms with Gasteiger partial charge in [-0.05, 0) is 55.0 Å². The maximum Gasteiger partial charge on any atom is 0.311 e. The largest absolute Gasteiger partial charge is 0.492 e. The van der Waals surface area contributed by atoms with Crippen molar-refractivity contribution in [2.24, 2.45) is 16.9 Å². The molecule has 0 aliphatic carbocycles. The zero-order valence-corrected chi connectivity index (χ0v) is 19.4. The van der Waals surface area contributed by atoms with Gasteiger partial charge in [-0.1, -0.05) is 13.8 Å². The quantitative estimate of drug-likeness (QED) is 0.338. The van der Waals surface area contributed by atoms with Crippen molar-refractivity contribution in [3.63, 3.8) is 0 Å². The molecule has 1 aliphatic heterocycles. The van der Waals surface area contributed by atoms with Gasteiger partial charge in [0.15, 0.2) is 0 Å². The molecule has 31 heavy (non-hydrogen) atoms. The number of esters is 1. The molecule has 8 heteroatoms. The molecular formula is C23H32N4O3S. The standard InChI is InChI=1S/C23H32N4O3S/c1-4-29-22(28)12-20-16-31-23(25-20)26-24-13-19-5-7-21(8-6-19)30-10-9-27-14-17(2)11-18(3)15-27/h5-8,13,16-18H,4,9-12,14-15H2,1-3H3,(H,25,26). The van der Waals surface area contributed by atoms with E-state index in [4.69, 9.17) is 9.47 Å². The monoisotopic (exact) mass is 444 g/mol. The van der Waals surface area contributed by atoms with Crippen LogP contribution in [0.5, 0.6) is 5.75 Å². The predicted octanol–water partition coefficient (Wildman–Crippen LogP) is 4.05. The summed E-state index contributed by atoms with van der Waals surface area (Å²) in [6, 6.07) is 7.87. The Morgan fingerprint density at radius 2 is 2.03 bits per heavy atom. The number of hydrogen-bond donors (Lipinski definition) is 1. The van der Waals surface area contributed by atoms with Gasteiger partial charge in [-0.2, -0.15) is 5.10 Å². The van der Waals surface area contributed by atoms with Gasteiger partial charge >= 0.3 is 5.97 Å². The van der Waals surface area contributed by atoms with Gasteiger partial charge in [0.25, 0.3) is 0 Å². The van der Waals surface area contributed by atoms with E-state index in [0.29, 0.717) is 24.0 Å². The van der Waals surface area contributed by atoms with Crippen LogP contribution in [-0.2, 0) is 16.0 Å². The summed E-state index contributed by atoms with van der Waals surface area (Å²) < 4.78 is 10.8. The predicted molar refractivity (Wildman–Crippen MR) is 125 cm³/mol. The molecule has 168 valence electrons. The lowest BCUT2D eigenvalue weighted by molar-refractivity contribution is -0.142. The number of piperidine rings is 1. The molecule has 2 atom stereocenters. The average Bonchev–Trinajstić information content (AvgIpc) is 3.16. The Morgan fingerprint density at radius 3 is 2.74 bits per heavy atom. The van der Waals surface area contributed by atoms with Crippen molar-refractivity contribution in [3.05, 3.63) is 40.9 Å².